The van der Waals surface area contributed by atoms with Crippen molar-refractivity contribution >= 4 is 15.9 Å². The van der Waals surface area contributed by atoms with E-state index in [1.54, 1.807) is 0 Å². The number of hydrogen-bond donors (Lipinski definition) is 0. The zero-order valence-corrected chi connectivity index (χ0v) is 11.8. The van der Waals surface area contributed by atoms with Crippen LogP contribution in [-0.2, 0) is 13.0 Å². The van der Waals surface area contributed by atoms with E-state index in [0.29, 0.717) is 4.83 Å². The summed E-state index contributed by atoms with van der Waals surface area (Å²) in [6.07, 6.45) is 6.67. The molecule has 16 heavy (non-hydrogen) atoms. The molecule has 1 aromatic rings. The van der Waals surface area contributed by atoms with Gasteiger partial charge in [-0.25, -0.2) is 0 Å². The Morgan fingerprint density at radius 3 is 2.88 bits per heavy atom. The summed E-state index contributed by atoms with van der Waals surface area (Å²) >= 11 is 3.84. The first-order valence-electron chi connectivity index (χ1n) is 6.38. The number of aryl methyl sites for hydroxylation is 2. The van der Waals surface area contributed by atoms with Gasteiger partial charge in [-0.3, -0.25) is 4.68 Å². The molecule has 3 heteroatoms. The van der Waals surface area contributed by atoms with Gasteiger partial charge >= 0.3 is 0 Å². The molecular weight excluding hydrogens is 264 g/mol. The van der Waals surface area contributed by atoms with Crippen LogP contribution in [0.4, 0.5) is 0 Å². The van der Waals surface area contributed by atoms with E-state index in [4.69, 9.17) is 0 Å². The first-order chi connectivity index (χ1) is 7.70. The van der Waals surface area contributed by atoms with Crippen molar-refractivity contribution in [2.75, 3.05) is 0 Å². The van der Waals surface area contributed by atoms with Crippen LogP contribution in [0.2, 0.25) is 0 Å². The van der Waals surface area contributed by atoms with Crippen LogP contribution < -0.4 is 0 Å². The lowest BCUT2D eigenvalue weighted by atomic mass is 9.86. The first kappa shape index (κ1) is 12.2. The van der Waals surface area contributed by atoms with Crippen molar-refractivity contribution < 1.29 is 0 Å². The number of nitrogens with zero attached hydrogens (tertiary/aromatic N) is 2. The summed E-state index contributed by atoms with van der Waals surface area (Å²) in [7, 11) is 0. The van der Waals surface area contributed by atoms with Gasteiger partial charge in [0.15, 0.2) is 0 Å². The Morgan fingerprint density at radius 1 is 1.44 bits per heavy atom. The molecule has 0 aromatic carbocycles. The molecule has 0 amide bonds. The van der Waals surface area contributed by atoms with E-state index >= 15 is 0 Å². The molecule has 1 saturated carbocycles. The molecule has 1 aliphatic carbocycles. The Balaban J connectivity index is 2.06. The van der Waals surface area contributed by atoms with Crippen LogP contribution in [0.5, 0.6) is 0 Å². The smallest absolute Gasteiger partial charge is 0.0596 e. The van der Waals surface area contributed by atoms with Gasteiger partial charge in [0, 0.05) is 17.1 Å². The molecule has 1 aliphatic rings. The van der Waals surface area contributed by atoms with Gasteiger partial charge in [-0.2, -0.15) is 5.10 Å². The maximum absolute atomic E-state index is 4.52. The number of rotatable bonds is 3. The van der Waals surface area contributed by atoms with E-state index in [-0.39, 0.29) is 0 Å². The van der Waals surface area contributed by atoms with Crippen LogP contribution in [0.15, 0.2) is 6.07 Å². The Morgan fingerprint density at radius 2 is 2.19 bits per heavy atom. The van der Waals surface area contributed by atoms with Crippen LogP contribution in [0.25, 0.3) is 0 Å². The fraction of sp³-hybridized carbons (Fsp3) is 0.769. The Labute approximate surface area is 107 Å². The minimum absolute atomic E-state index is 0.710. The second kappa shape index (κ2) is 5.35. The standard InChI is InChI=1S/C13H21BrN2/c1-3-16-12(8-10(2)15-16)9-11-6-4-5-7-13(11)14/h8,11,13H,3-7,9H2,1-2H3. The average Bonchev–Trinajstić information content (AvgIpc) is 2.62. The third-order valence-corrected chi connectivity index (χ3v) is 4.78. The van der Waals surface area contributed by atoms with Crippen molar-refractivity contribution in [2.45, 2.75) is 57.3 Å². The number of alkyl halides is 1. The third-order valence-electron chi connectivity index (χ3n) is 3.57. The van der Waals surface area contributed by atoms with E-state index in [9.17, 15) is 0 Å². The summed E-state index contributed by atoms with van der Waals surface area (Å²) in [5.41, 5.74) is 2.56. The lowest BCUT2D eigenvalue weighted by Gasteiger charge is -2.27. The van der Waals surface area contributed by atoms with E-state index in [2.05, 4.69) is 45.6 Å². The molecule has 0 spiro atoms. The number of hydrogen-bond acceptors (Lipinski definition) is 1. The molecule has 0 radical (unpaired) electrons. The van der Waals surface area contributed by atoms with Crippen LogP contribution in [0, 0.1) is 12.8 Å². The van der Waals surface area contributed by atoms with Crippen LogP contribution >= 0.6 is 15.9 Å². The molecule has 2 nitrogen and oxygen atoms in total. The van der Waals surface area contributed by atoms with Crippen molar-refractivity contribution in [3.63, 3.8) is 0 Å². The number of aromatic nitrogens is 2. The second-order valence-corrected chi connectivity index (χ2v) is 6.03. The highest BCUT2D eigenvalue weighted by Gasteiger charge is 2.24. The SMILES string of the molecule is CCn1nc(C)cc1CC1CCCCC1Br. The summed E-state index contributed by atoms with van der Waals surface area (Å²) < 4.78 is 2.16. The number of halogens is 1. The van der Waals surface area contributed by atoms with Crippen molar-refractivity contribution in [1.29, 1.82) is 0 Å². The van der Waals surface area contributed by atoms with Crippen molar-refractivity contribution in [2.24, 2.45) is 5.92 Å². The molecule has 1 fully saturated rings. The summed E-state index contributed by atoms with van der Waals surface area (Å²) in [6, 6.07) is 2.25. The van der Waals surface area contributed by atoms with Gasteiger partial charge in [0.05, 0.1) is 5.69 Å². The second-order valence-electron chi connectivity index (χ2n) is 4.86. The molecule has 0 bridgehead atoms. The minimum Gasteiger partial charge on any atom is -0.270 e. The van der Waals surface area contributed by atoms with Gasteiger partial charge in [0.1, 0.15) is 0 Å². The van der Waals surface area contributed by atoms with Crippen molar-refractivity contribution in [1.82, 2.24) is 9.78 Å². The van der Waals surface area contributed by atoms with Crippen LogP contribution in [0.1, 0.15) is 44.0 Å². The first-order valence-corrected chi connectivity index (χ1v) is 7.29. The molecule has 1 heterocycles. The van der Waals surface area contributed by atoms with Gasteiger partial charge in [-0.05, 0) is 45.1 Å². The van der Waals surface area contributed by atoms with Crippen molar-refractivity contribution in [3.8, 4) is 0 Å². The monoisotopic (exact) mass is 284 g/mol. The Hall–Kier alpha value is -0.310. The van der Waals surface area contributed by atoms with E-state index in [1.807, 2.05) is 0 Å². The van der Waals surface area contributed by atoms with E-state index in [1.165, 1.54) is 37.8 Å². The minimum atomic E-state index is 0.710. The maximum Gasteiger partial charge on any atom is 0.0596 e. The molecule has 2 unspecified atom stereocenters. The Bertz CT molecular complexity index is 346. The van der Waals surface area contributed by atoms with Gasteiger partial charge in [-0.1, -0.05) is 28.8 Å². The molecule has 2 rings (SSSR count). The predicted octanol–water partition coefficient (Wildman–Crippen LogP) is 3.71. The Kier molecular flexibility index (Phi) is 4.06. The summed E-state index contributed by atoms with van der Waals surface area (Å²) in [5, 5.41) is 4.52. The molecule has 90 valence electrons. The maximum atomic E-state index is 4.52. The summed E-state index contributed by atoms with van der Waals surface area (Å²) in [4.78, 5) is 0.710. The summed E-state index contributed by atoms with van der Waals surface area (Å²) in [6.45, 7) is 5.24. The third kappa shape index (κ3) is 2.68. The zero-order chi connectivity index (χ0) is 11.5. The van der Waals surface area contributed by atoms with Crippen LogP contribution in [-0.4, -0.2) is 14.6 Å². The molecule has 1 aromatic heterocycles. The van der Waals surface area contributed by atoms with Gasteiger partial charge in [-0.15, -0.1) is 0 Å². The fourth-order valence-electron chi connectivity index (χ4n) is 2.70. The van der Waals surface area contributed by atoms with Gasteiger partial charge in [0.25, 0.3) is 0 Å². The molecule has 0 aliphatic heterocycles. The topological polar surface area (TPSA) is 17.8 Å². The van der Waals surface area contributed by atoms with Crippen LogP contribution in [0.3, 0.4) is 0 Å². The highest BCUT2D eigenvalue weighted by molar-refractivity contribution is 9.09. The summed E-state index contributed by atoms with van der Waals surface area (Å²) in [5.74, 6) is 0.801. The lowest BCUT2D eigenvalue weighted by Crippen LogP contribution is -2.22. The molecule has 0 N–H and O–H groups in total. The highest BCUT2D eigenvalue weighted by Crippen LogP contribution is 2.32. The predicted molar refractivity (Wildman–Crippen MR) is 71.0 cm³/mol. The molecule has 2 atom stereocenters. The van der Waals surface area contributed by atoms with E-state index < -0.39 is 0 Å². The normalized spacial score (nSPS) is 25.9. The molecule has 0 saturated heterocycles. The van der Waals surface area contributed by atoms with Gasteiger partial charge in [0.2, 0.25) is 0 Å². The van der Waals surface area contributed by atoms with Crippen molar-refractivity contribution in [3.05, 3.63) is 17.5 Å². The average molecular weight is 285 g/mol. The van der Waals surface area contributed by atoms with Gasteiger partial charge < -0.3 is 0 Å². The quantitative estimate of drug-likeness (QED) is 0.774. The fourth-order valence-corrected chi connectivity index (χ4v) is 3.47. The zero-order valence-electron chi connectivity index (χ0n) is 10.2. The largest absolute Gasteiger partial charge is 0.270 e. The lowest BCUT2D eigenvalue weighted by molar-refractivity contribution is 0.365. The highest BCUT2D eigenvalue weighted by atomic mass is 79.9. The van der Waals surface area contributed by atoms with E-state index in [0.717, 1.165) is 18.2 Å². The molecular formula is C13H21BrN2.